The molecule has 2 aromatic rings. The smallest absolute Gasteiger partial charge is 0.308 e. The number of carbonyl (C=O) groups is 3. The molecule has 2 aromatic carbocycles. The third-order valence-electron chi connectivity index (χ3n) is 3.91. The minimum atomic E-state index is -0.384. The van der Waals surface area contributed by atoms with Gasteiger partial charge in [0.2, 0.25) is 5.91 Å². The second-order valence-electron chi connectivity index (χ2n) is 6.13. The third-order valence-corrected chi connectivity index (χ3v) is 3.91. The Hall–Kier alpha value is -2.89. The first-order chi connectivity index (χ1) is 12.5. The summed E-state index contributed by atoms with van der Waals surface area (Å²) >= 11 is 0. The number of benzene rings is 2. The van der Waals surface area contributed by atoms with Gasteiger partial charge < -0.3 is 4.74 Å². The van der Waals surface area contributed by atoms with Crippen LogP contribution in [0.5, 0.6) is 5.75 Å². The van der Waals surface area contributed by atoms with Crippen LogP contribution in [0.3, 0.4) is 0 Å². The summed E-state index contributed by atoms with van der Waals surface area (Å²) in [4.78, 5) is 34.9. The van der Waals surface area contributed by atoms with Crippen LogP contribution >= 0.6 is 0 Å². The lowest BCUT2D eigenvalue weighted by Gasteiger charge is -2.09. The van der Waals surface area contributed by atoms with Gasteiger partial charge in [-0.1, -0.05) is 38.3 Å². The highest BCUT2D eigenvalue weighted by Gasteiger charge is 2.09. The van der Waals surface area contributed by atoms with Crippen molar-refractivity contribution in [2.24, 2.45) is 0 Å². The van der Waals surface area contributed by atoms with Crippen molar-refractivity contribution < 1.29 is 19.1 Å². The van der Waals surface area contributed by atoms with Crippen LogP contribution in [0.15, 0.2) is 36.4 Å². The molecule has 0 spiro atoms. The lowest BCUT2D eigenvalue weighted by molar-refractivity contribution is -0.131. The van der Waals surface area contributed by atoms with Crippen molar-refractivity contribution in [1.29, 1.82) is 0 Å². The summed E-state index contributed by atoms with van der Waals surface area (Å²) in [5, 5.41) is 1.68. The normalized spacial score (nSPS) is 10.4. The highest BCUT2D eigenvalue weighted by molar-refractivity contribution is 5.99. The largest absolute Gasteiger partial charge is 0.427 e. The molecule has 0 bridgehead atoms. The Morgan fingerprint density at radius 2 is 1.65 bits per heavy atom. The summed E-state index contributed by atoms with van der Waals surface area (Å²) in [6.45, 7) is 3.46. The topological polar surface area (TPSA) is 84.5 Å². The number of hydrogen-bond donors (Lipinski definition) is 2. The summed E-state index contributed by atoms with van der Waals surface area (Å²) < 4.78 is 5.05. The monoisotopic (exact) mass is 356 g/mol. The van der Waals surface area contributed by atoms with Crippen LogP contribution in [-0.2, 0) is 9.59 Å². The van der Waals surface area contributed by atoms with E-state index >= 15 is 0 Å². The number of amides is 2. The molecule has 2 rings (SSSR count). The quantitative estimate of drug-likeness (QED) is 0.344. The fourth-order valence-electron chi connectivity index (χ4n) is 2.57. The van der Waals surface area contributed by atoms with Gasteiger partial charge in [-0.25, -0.2) is 0 Å². The molecule has 0 aromatic heterocycles. The average Bonchev–Trinajstić information content (AvgIpc) is 2.62. The Morgan fingerprint density at radius 3 is 2.38 bits per heavy atom. The molecule has 0 aliphatic carbocycles. The van der Waals surface area contributed by atoms with E-state index in [0.717, 1.165) is 36.5 Å². The van der Waals surface area contributed by atoms with Crippen molar-refractivity contribution in [2.45, 2.75) is 46.0 Å². The van der Waals surface area contributed by atoms with Gasteiger partial charge >= 0.3 is 5.97 Å². The molecule has 0 aliphatic rings. The first kappa shape index (κ1) is 19.4. The summed E-state index contributed by atoms with van der Waals surface area (Å²) in [6.07, 6.45) is 4.45. The van der Waals surface area contributed by atoms with Crippen LogP contribution in [-0.4, -0.2) is 17.8 Å². The number of esters is 1. The molecule has 0 unspecified atom stereocenters. The Morgan fingerprint density at radius 1 is 0.923 bits per heavy atom. The van der Waals surface area contributed by atoms with E-state index in [1.807, 2.05) is 0 Å². The molecule has 138 valence electrons. The molecule has 0 fully saturated rings. The Bertz CT molecular complexity index is 801. The van der Waals surface area contributed by atoms with Crippen molar-refractivity contribution in [3.05, 3.63) is 42.0 Å². The number of hydrogen-bond acceptors (Lipinski definition) is 4. The summed E-state index contributed by atoms with van der Waals surface area (Å²) in [6, 6.07) is 10.3. The number of carbonyl (C=O) groups excluding carboxylic acids is 3. The van der Waals surface area contributed by atoms with Gasteiger partial charge in [-0.05, 0) is 41.5 Å². The highest BCUT2D eigenvalue weighted by Crippen LogP contribution is 2.22. The van der Waals surface area contributed by atoms with Crippen LogP contribution in [0, 0.1) is 0 Å². The Kier molecular flexibility index (Phi) is 7.14. The molecule has 2 N–H and O–H groups in total. The predicted octanol–water partition coefficient (Wildman–Crippen LogP) is 3.50. The molecule has 0 radical (unpaired) electrons. The second kappa shape index (κ2) is 9.56. The van der Waals surface area contributed by atoms with Gasteiger partial charge in [0.15, 0.2) is 0 Å². The molecule has 0 heterocycles. The molecule has 0 atom stereocenters. The lowest BCUT2D eigenvalue weighted by atomic mass is 10.1. The maximum absolute atomic E-state index is 12.2. The average molecular weight is 356 g/mol. The molecule has 26 heavy (non-hydrogen) atoms. The molecule has 0 aliphatic heterocycles. The Balaban J connectivity index is 1.93. The van der Waals surface area contributed by atoms with Crippen molar-refractivity contribution in [1.82, 2.24) is 10.9 Å². The minimum Gasteiger partial charge on any atom is -0.427 e. The van der Waals surface area contributed by atoms with E-state index in [1.54, 1.807) is 36.4 Å². The van der Waals surface area contributed by atoms with E-state index in [0.29, 0.717) is 17.7 Å². The van der Waals surface area contributed by atoms with Gasteiger partial charge in [0, 0.05) is 18.9 Å². The van der Waals surface area contributed by atoms with Gasteiger partial charge in [-0.2, -0.15) is 0 Å². The Labute approximate surface area is 152 Å². The van der Waals surface area contributed by atoms with E-state index in [2.05, 4.69) is 17.8 Å². The summed E-state index contributed by atoms with van der Waals surface area (Å²) in [7, 11) is 0. The van der Waals surface area contributed by atoms with Crippen LogP contribution < -0.4 is 15.6 Å². The van der Waals surface area contributed by atoms with Crippen LogP contribution in [0.2, 0.25) is 0 Å². The summed E-state index contributed by atoms with van der Waals surface area (Å²) in [5.74, 6) is -0.498. The van der Waals surface area contributed by atoms with Gasteiger partial charge in [0.25, 0.3) is 5.91 Å². The van der Waals surface area contributed by atoms with Gasteiger partial charge in [0.05, 0.1) is 0 Å². The molecule has 0 saturated heterocycles. The SMILES string of the molecule is CCCCCCC(=O)NNC(=O)c1ccc2cc(OC(C)=O)ccc2c1. The maximum Gasteiger partial charge on any atom is 0.308 e. The standard InChI is InChI=1S/C20H24N2O4/c1-3-4-5-6-7-19(24)21-22-20(25)17-9-8-16-13-18(26-14(2)23)11-10-15(16)12-17/h8-13H,3-7H2,1-2H3,(H,21,24)(H,22,25). The van der Waals surface area contributed by atoms with Crippen LogP contribution in [0.1, 0.15) is 56.3 Å². The number of nitrogens with one attached hydrogen (secondary N) is 2. The van der Waals surface area contributed by atoms with Gasteiger partial charge in [0.1, 0.15) is 5.75 Å². The zero-order chi connectivity index (χ0) is 18.9. The van der Waals surface area contributed by atoms with Gasteiger partial charge in [-0.3, -0.25) is 25.2 Å². The van der Waals surface area contributed by atoms with Gasteiger partial charge in [-0.15, -0.1) is 0 Å². The number of rotatable bonds is 7. The predicted molar refractivity (Wildman–Crippen MR) is 99.6 cm³/mol. The van der Waals surface area contributed by atoms with Crippen molar-refractivity contribution in [2.75, 3.05) is 0 Å². The van der Waals surface area contributed by atoms with E-state index < -0.39 is 0 Å². The van der Waals surface area contributed by atoms with Crippen molar-refractivity contribution in [3.8, 4) is 5.75 Å². The molecular formula is C20H24N2O4. The van der Waals surface area contributed by atoms with E-state index in [1.165, 1.54) is 6.92 Å². The van der Waals surface area contributed by atoms with Crippen LogP contribution in [0.25, 0.3) is 10.8 Å². The first-order valence-electron chi connectivity index (χ1n) is 8.81. The summed E-state index contributed by atoms with van der Waals surface area (Å²) in [5.41, 5.74) is 5.31. The first-order valence-corrected chi connectivity index (χ1v) is 8.81. The molecule has 6 heteroatoms. The minimum absolute atomic E-state index is 0.193. The molecule has 0 saturated carbocycles. The fraction of sp³-hybridized carbons (Fsp3) is 0.350. The van der Waals surface area contributed by atoms with E-state index in [4.69, 9.17) is 4.74 Å². The number of hydrazine groups is 1. The van der Waals surface area contributed by atoms with E-state index in [9.17, 15) is 14.4 Å². The zero-order valence-electron chi connectivity index (χ0n) is 15.1. The van der Waals surface area contributed by atoms with Crippen LogP contribution in [0.4, 0.5) is 0 Å². The molecule has 6 nitrogen and oxygen atoms in total. The fourth-order valence-corrected chi connectivity index (χ4v) is 2.57. The van der Waals surface area contributed by atoms with E-state index in [-0.39, 0.29) is 17.8 Å². The molecular weight excluding hydrogens is 332 g/mol. The number of unbranched alkanes of at least 4 members (excludes halogenated alkanes) is 3. The molecule has 2 amide bonds. The third kappa shape index (κ3) is 5.88. The van der Waals surface area contributed by atoms with Crippen molar-refractivity contribution in [3.63, 3.8) is 0 Å². The number of fused-ring (bicyclic) bond motifs is 1. The maximum atomic E-state index is 12.2. The lowest BCUT2D eigenvalue weighted by Crippen LogP contribution is -2.41. The zero-order valence-corrected chi connectivity index (χ0v) is 15.1. The number of ether oxygens (including phenoxy) is 1. The van der Waals surface area contributed by atoms with Crippen molar-refractivity contribution >= 4 is 28.6 Å². The second-order valence-corrected chi connectivity index (χ2v) is 6.13. The highest BCUT2D eigenvalue weighted by atomic mass is 16.5.